The number of hydrogen-bond acceptors (Lipinski definition) is 4. The van der Waals surface area contributed by atoms with Crippen molar-refractivity contribution in [2.75, 3.05) is 13.2 Å². The van der Waals surface area contributed by atoms with E-state index in [1.165, 1.54) is 0 Å². The molecule has 4 N–H and O–H groups in total. The minimum Gasteiger partial charge on any atom is -0.465 e. The summed E-state index contributed by atoms with van der Waals surface area (Å²) in [5, 5.41) is 10.2. The van der Waals surface area contributed by atoms with Crippen LogP contribution in [0.25, 0.3) is 0 Å². The highest BCUT2D eigenvalue weighted by atomic mass is 16.5. The van der Waals surface area contributed by atoms with Gasteiger partial charge in [-0.3, -0.25) is 10.2 Å². The van der Waals surface area contributed by atoms with E-state index in [0.717, 1.165) is 5.56 Å². The zero-order valence-corrected chi connectivity index (χ0v) is 9.82. The first kappa shape index (κ1) is 13.2. The molecule has 0 spiro atoms. The lowest BCUT2D eigenvalue weighted by Gasteiger charge is -2.05. The normalized spacial score (nSPS) is 9.94. The van der Waals surface area contributed by atoms with E-state index < -0.39 is 0 Å². The zero-order chi connectivity index (χ0) is 12.7. The Morgan fingerprint density at radius 1 is 1.41 bits per heavy atom. The van der Waals surface area contributed by atoms with E-state index in [9.17, 15) is 4.79 Å². The zero-order valence-electron chi connectivity index (χ0n) is 9.82. The second kappa shape index (κ2) is 6.65. The average Bonchev–Trinajstić information content (AvgIpc) is 2.30. The third-order valence-electron chi connectivity index (χ3n) is 2.17. The number of ether oxygens (including phenoxy) is 1. The Labute approximate surface area is 100 Å². The van der Waals surface area contributed by atoms with E-state index in [-0.39, 0.29) is 18.3 Å². The maximum Gasteiger partial charge on any atom is 0.319 e. The molecular weight excluding hydrogens is 218 g/mol. The van der Waals surface area contributed by atoms with Gasteiger partial charge in [0.25, 0.3) is 0 Å². The van der Waals surface area contributed by atoms with E-state index in [1.54, 1.807) is 19.1 Å². The quantitative estimate of drug-likeness (QED) is 0.383. The number of carbonyl (C=O) groups is 1. The number of nitrogens with one attached hydrogen (secondary N) is 2. The molecular formula is C12H17N3O2. The van der Waals surface area contributed by atoms with Crippen LogP contribution in [0.15, 0.2) is 24.3 Å². The van der Waals surface area contributed by atoms with Crippen molar-refractivity contribution in [3.63, 3.8) is 0 Å². The van der Waals surface area contributed by atoms with Crippen LogP contribution < -0.4 is 11.1 Å². The molecule has 5 nitrogen and oxygen atoms in total. The molecule has 0 fully saturated rings. The van der Waals surface area contributed by atoms with Crippen LogP contribution in [-0.4, -0.2) is 25.0 Å². The standard InChI is InChI=1S/C12H17N3O2/c1-2-17-11(16)8-15-7-9-3-5-10(6-4-9)12(13)14/h3-6,15H,2,7-8H2,1H3,(H3,13,14). The molecule has 0 aliphatic rings. The van der Waals surface area contributed by atoms with Crippen molar-refractivity contribution < 1.29 is 9.53 Å². The maximum absolute atomic E-state index is 11.0. The molecule has 0 saturated heterocycles. The van der Waals surface area contributed by atoms with Crippen LogP contribution >= 0.6 is 0 Å². The number of carbonyl (C=O) groups excluding carboxylic acids is 1. The first-order chi connectivity index (χ1) is 8.13. The molecule has 0 bridgehead atoms. The van der Waals surface area contributed by atoms with Gasteiger partial charge in [-0.15, -0.1) is 0 Å². The monoisotopic (exact) mass is 235 g/mol. The van der Waals surface area contributed by atoms with Gasteiger partial charge in [0.1, 0.15) is 5.84 Å². The van der Waals surface area contributed by atoms with Gasteiger partial charge in [0.05, 0.1) is 13.2 Å². The van der Waals surface area contributed by atoms with Crippen molar-refractivity contribution in [1.82, 2.24) is 5.32 Å². The number of rotatable bonds is 6. The van der Waals surface area contributed by atoms with Crippen LogP contribution in [0.5, 0.6) is 0 Å². The van der Waals surface area contributed by atoms with Crippen LogP contribution in [0.2, 0.25) is 0 Å². The molecule has 0 aliphatic carbocycles. The fourth-order valence-electron chi connectivity index (χ4n) is 1.32. The highest BCUT2D eigenvalue weighted by Gasteiger charge is 2.01. The number of amidine groups is 1. The van der Waals surface area contributed by atoms with E-state index in [1.807, 2.05) is 12.1 Å². The Hall–Kier alpha value is -1.88. The molecule has 0 radical (unpaired) electrons. The van der Waals surface area contributed by atoms with Gasteiger partial charge in [-0.25, -0.2) is 0 Å². The Morgan fingerprint density at radius 3 is 2.59 bits per heavy atom. The molecule has 1 aromatic carbocycles. The first-order valence-electron chi connectivity index (χ1n) is 5.43. The van der Waals surface area contributed by atoms with Crippen LogP contribution in [-0.2, 0) is 16.1 Å². The van der Waals surface area contributed by atoms with Crippen molar-refractivity contribution >= 4 is 11.8 Å². The highest BCUT2D eigenvalue weighted by molar-refractivity contribution is 5.94. The molecule has 1 aromatic rings. The summed E-state index contributed by atoms with van der Waals surface area (Å²) in [6, 6.07) is 7.30. The molecule has 0 atom stereocenters. The second-order valence-electron chi connectivity index (χ2n) is 3.52. The van der Waals surface area contributed by atoms with E-state index >= 15 is 0 Å². The number of nitrogens with two attached hydrogens (primary N) is 1. The molecule has 0 aromatic heterocycles. The van der Waals surface area contributed by atoms with Crippen molar-refractivity contribution in [1.29, 1.82) is 5.41 Å². The fraction of sp³-hybridized carbons (Fsp3) is 0.333. The van der Waals surface area contributed by atoms with Crippen LogP contribution in [0.3, 0.4) is 0 Å². The Morgan fingerprint density at radius 2 is 2.06 bits per heavy atom. The third-order valence-corrected chi connectivity index (χ3v) is 2.17. The molecule has 17 heavy (non-hydrogen) atoms. The number of benzene rings is 1. The molecule has 0 amide bonds. The van der Waals surface area contributed by atoms with Crippen LogP contribution in [0.1, 0.15) is 18.1 Å². The molecule has 0 heterocycles. The number of hydrogen-bond donors (Lipinski definition) is 3. The molecule has 0 unspecified atom stereocenters. The first-order valence-corrected chi connectivity index (χ1v) is 5.43. The molecule has 0 saturated carbocycles. The van der Waals surface area contributed by atoms with Gasteiger partial charge in [0.15, 0.2) is 0 Å². The summed E-state index contributed by atoms with van der Waals surface area (Å²) in [5.41, 5.74) is 7.06. The summed E-state index contributed by atoms with van der Waals surface area (Å²) in [5.74, 6) is -0.205. The van der Waals surface area contributed by atoms with Crippen molar-refractivity contribution in [3.05, 3.63) is 35.4 Å². The summed E-state index contributed by atoms with van der Waals surface area (Å²) in [4.78, 5) is 11.0. The van der Waals surface area contributed by atoms with Crippen LogP contribution in [0, 0.1) is 5.41 Å². The van der Waals surface area contributed by atoms with E-state index in [4.69, 9.17) is 15.9 Å². The Balaban J connectivity index is 2.37. The summed E-state index contributed by atoms with van der Waals surface area (Å²) in [6.45, 7) is 2.95. The maximum atomic E-state index is 11.0. The second-order valence-corrected chi connectivity index (χ2v) is 3.52. The van der Waals surface area contributed by atoms with Crippen molar-refractivity contribution in [2.24, 2.45) is 5.73 Å². The van der Waals surface area contributed by atoms with Crippen molar-refractivity contribution in [2.45, 2.75) is 13.5 Å². The predicted octanol–water partition coefficient (Wildman–Crippen LogP) is 0.623. The van der Waals surface area contributed by atoms with Gasteiger partial charge in [-0.1, -0.05) is 24.3 Å². The Bertz CT molecular complexity index is 387. The lowest BCUT2D eigenvalue weighted by Crippen LogP contribution is -2.24. The van der Waals surface area contributed by atoms with Gasteiger partial charge in [0.2, 0.25) is 0 Å². The van der Waals surface area contributed by atoms with Crippen LogP contribution in [0.4, 0.5) is 0 Å². The summed E-state index contributed by atoms with van der Waals surface area (Å²) < 4.78 is 4.78. The summed E-state index contributed by atoms with van der Waals surface area (Å²) in [7, 11) is 0. The summed E-state index contributed by atoms with van der Waals surface area (Å²) >= 11 is 0. The molecule has 92 valence electrons. The minimum atomic E-state index is -0.257. The predicted molar refractivity (Wildman–Crippen MR) is 65.8 cm³/mol. The van der Waals surface area contributed by atoms with Crippen molar-refractivity contribution in [3.8, 4) is 0 Å². The van der Waals surface area contributed by atoms with Gasteiger partial charge >= 0.3 is 5.97 Å². The number of esters is 1. The Kier molecular flexibility index (Phi) is 5.16. The highest BCUT2D eigenvalue weighted by Crippen LogP contribution is 2.03. The molecule has 1 rings (SSSR count). The minimum absolute atomic E-state index is 0.0519. The topological polar surface area (TPSA) is 88.2 Å². The molecule has 0 aliphatic heterocycles. The SMILES string of the molecule is CCOC(=O)CNCc1ccc(C(=N)N)cc1. The van der Waals surface area contributed by atoms with Gasteiger partial charge in [0, 0.05) is 12.1 Å². The van der Waals surface area contributed by atoms with E-state index in [0.29, 0.717) is 18.7 Å². The lowest BCUT2D eigenvalue weighted by atomic mass is 10.1. The third kappa shape index (κ3) is 4.65. The van der Waals surface area contributed by atoms with E-state index in [2.05, 4.69) is 5.32 Å². The van der Waals surface area contributed by atoms with Gasteiger partial charge < -0.3 is 15.8 Å². The van der Waals surface area contributed by atoms with Gasteiger partial charge in [-0.2, -0.15) is 0 Å². The average molecular weight is 235 g/mol. The largest absolute Gasteiger partial charge is 0.465 e. The van der Waals surface area contributed by atoms with Gasteiger partial charge in [-0.05, 0) is 12.5 Å². The number of nitrogen functional groups attached to an aromatic ring is 1. The summed E-state index contributed by atoms with van der Waals surface area (Å²) in [6.07, 6.45) is 0. The lowest BCUT2D eigenvalue weighted by molar-refractivity contribution is -0.142. The molecule has 5 heteroatoms. The smallest absolute Gasteiger partial charge is 0.319 e. The fourth-order valence-corrected chi connectivity index (χ4v) is 1.32.